The zero-order valence-corrected chi connectivity index (χ0v) is 4.98. The molecule has 0 saturated heterocycles. The quantitative estimate of drug-likeness (QED) is 0.443. The Morgan fingerprint density at radius 1 is 1.25 bits per heavy atom. The van der Waals surface area contributed by atoms with E-state index < -0.39 is 11.5 Å². The molecule has 0 aromatic rings. The zero-order chi connectivity index (χ0) is 5.98. The van der Waals surface area contributed by atoms with Crippen molar-refractivity contribution in [3.63, 3.8) is 0 Å². The third-order valence-electron chi connectivity index (χ3n) is 1.01. The number of halogens is 2. The smallest absolute Gasteiger partial charge is 0.138 e. The van der Waals surface area contributed by atoms with Crippen LogP contribution in [-0.4, -0.2) is 11.5 Å². The topological polar surface area (TPSA) is 0 Å². The number of hydrogen-bond acceptors (Lipinski definition) is 0. The second-order valence-corrected chi connectivity index (χ2v) is 2.16. The molecule has 2 heteroatoms. The summed E-state index contributed by atoms with van der Waals surface area (Å²) in [6.07, 6.45) is 5.47. The predicted octanol–water partition coefficient (Wildman–Crippen LogP) is 2.06. The molecule has 1 rings (SSSR count). The monoisotopic (exact) mass is 132 g/mol. The Morgan fingerprint density at radius 3 is 2.25 bits per heavy atom. The van der Waals surface area contributed by atoms with Crippen molar-refractivity contribution in [3.05, 3.63) is 24.3 Å². The number of allylic oxidation sites excluding steroid dienone is 4. The van der Waals surface area contributed by atoms with Crippen LogP contribution in [0.4, 0.5) is 4.39 Å². The van der Waals surface area contributed by atoms with Gasteiger partial charge in [-0.3, -0.25) is 0 Å². The highest BCUT2D eigenvalue weighted by Gasteiger charge is 2.12. The summed E-state index contributed by atoms with van der Waals surface area (Å²) in [4.78, 5) is 0. The van der Waals surface area contributed by atoms with Crippen LogP contribution in [-0.2, 0) is 0 Å². The lowest BCUT2D eigenvalue weighted by molar-refractivity contribution is 0.405. The van der Waals surface area contributed by atoms with E-state index in [9.17, 15) is 4.39 Å². The summed E-state index contributed by atoms with van der Waals surface area (Å²) >= 11 is 5.45. The molecule has 2 unspecified atom stereocenters. The van der Waals surface area contributed by atoms with Gasteiger partial charge in [-0.2, -0.15) is 0 Å². The zero-order valence-electron chi connectivity index (χ0n) is 4.22. The van der Waals surface area contributed by atoms with Gasteiger partial charge >= 0.3 is 0 Å². The Morgan fingerprint density at radius 2 is 1.88 bits per heavy atom. The summed E-state index contributed by atoms with van der Waals surface area (Å²) in [5.41, 5.74) is 0. The fourth-order valence-corrected chi connectivity index (χ4v) is 0.721. The first-order valence-corrected chi connectivity index (χ1v) is 2.87. The Hall–Kier alpha value is -0.300. The number of hydrogen-bond donors (Lipinski definition) is 0. The van der Waals surface area contributed by atoms with E-state index in [0.717, 1.165) is 0 Å². The SMILES string of the molecule is FC1C=CC=CC1Cl. The molecule has 8 heavy (non-hydrogen) atoms. The predicted molar refractivity (Wildman–Crippen MR) is 32.8 cm³/mol. The summed E-state index contributed by atoms with van der Waals surface area (Å²) in [6.45, 7) is 0. The first kappa shape index (κ1) is 5.83. The minimum Gasteiger partial charge on any atom is -0.241 e. The molecule has 0 fully saturated rings. The van der Waals surface area contributed by atoms with Crippen LogP contribution in [0.1, 0.15) is 0 Å². The Balaban J connectivity index is 2.59. The maximum atomic E-state index is 12.3. The molecule has 0 aromatic heterocycles. The molecule has 1 aliphatic rings. The molecule has 0 saturated carbocycles. The lowest BCUT2D eigenvalue weighted by Crippen LogP contribution is -2.11. The fraction of sp³-hybridized carbons (Fsp3) is 0.333. The summed E-state index contributed by atoms with van der Waals surface area (Å²) < 4.78 is 12.3. The molecule has 0 spiro atoms. The van der Waals surface area contributed by atoms with Gasteiger partial charge in [0.25, 0.3) is 0 Å². The van der Waals surface area contributed by atoms with Gasteiger partial charge in [-0.1, -0.05) is 18.2 Å². The maximum absolute atomic E-state index is 12.3. The Kier molecular flexibility index (Phi) is 1.69. The molecule has 0 heterocycles. The van der Waals surface area contributed by atoms with Crippen LogP contribution < -0.4 is 0 Å². The molecule has 0 bridgehead atoms. The van der Waals surface area contributed by atoms with Crippen molar-refractivity contribution in [1.29, 1.82) is 0 Å². The fourth-order valence-electron chi connectivity index (χ4n) is 0.553. The summed E-state index contributed by atoms with van der Waals surface area (Å²) in [6, 6.07) is 0. The lowest BCUT2D eigenvalue weighted by Gasteiger charge is -2.07. The molecule has 44 valence electrons. The van der Waals surface area contributed by atoms with E-state index in [2.05, 4.69) is 0 Å². The van der Waals surface area contributed by atoms with E-state index in [4.69, 9.17) is 11.6 Å². The normalized spacial score (nSPS) is 35.8. The standard InChI is InChI=1S/C6H6ClF/c7-5-3-1-2-4-6(5)8/h1-6H. The van der Waals surface area contributed by atoms with Crippen molar-refractivity contribution in [2.24, 2.45) is 0 Å². The van der Waals surface area contributed by atoms with E-state index in [1.54, 1.807) is 18.2 Å². The minimum absolute atomic E-state index is 0.458. The molecule has 0 radical (unpaired) electrons. The van der Waals surface area contributed by atoms with Crippen molar-refractivity contribution >= 4 is 11.6 Å². The van der Waals surface area contributed by atoms with E-state index in [0.29, 0.717) is 0 Å². The van der Waals surface area contributed by atoms with Gasteiger partial charge in [0.15, 0.2) is 0 Å². The molecular weight excluding hydrogens is 127 g/mol. The highest BCUT2D eigenvalue weighted by atomic mass is 35.5. The molecule has 0 amide bonds. The summed E-state index contributed by atoms with van der Waals surface area (Å²) in [5, 5.41) is -0.458. The average molecular weight is 133 g/mol. The van der Waals surface area contributed by atoms with Crippen LogP contribution in [0, 0.1) is 0 Å². The second-order valence-electron chi connectivity index (χ2n) is 1.66. The number of alkyl halides is 2. The van der Waals surface area contributed by atoms with Crippen LogP contribution in [0.2, 0.25) is 0 Å². The van der Waals surface area contributed by atoms with Gasteiger partial charge in [0, 0.05) is 0 Å². The first-order chi connectivity index (χ1) is 3.80. The molecule has 0 nitrogen and oxygen atoms in total. The van der Waals surface area contributed by atoms with E-state index in [-0.39, 0.29) is 0 Å². The minimum atomic E-state index is -0.998. The summed E-state index contributed by atoms with van der Waals surface area (Å²) in [7, 11) is 0. The molecule has 0 aromatic carbocycles. The number of rotatable bonds is 0. The van der Waals surface area contributed by atoms with Gasteiger partial charge in [0.05, 0.1) is 5.38 Å². The van der Waals surface area contributed by atoms with Crippen molar-refractivity contribution in [2.45, 2.75) is 11.5 Å². The molecular formula is C6H6ClF. The average Bonchev–Trinajstić information content (AvgIpc) is 1.77. The van der Waals surface area contributed by atoms with Gasteiger partial charge in [-0.15, -0.1) is 11.6 Å². The Labute approximate surface area is 52.6 Å². The molecule has 2 atom stereocenters. The maximum Gasteiger partial charge on any atom is 0.138 e. The highest BCUT2D eigenvalue weighted by molar-refractivity contribution is 6.22. The first-order valence-electron chi connectivity index (χ1n) is 2.44. The van der Waals surface area contributed by atoms with Crippen LogP contribution in [0.5, 0.6) is 0 Å². The lowest BCUT2D eigenvalue weighted by atomic mass is 10.2. The Bertz CT molecular complexity index is 112. The van der Waals surface area contributed by atoms with Crippen LogP contribution >= 0.6 is 11.6 Å². The van der Waals surface area contributed by atoms with Crippen molar-refractivity contribution in [2.75, 3.05) is 0 Å². The van der Waals surface area contributed by atoms with Crippen molar-refractivity contribution in [3.8, 4) is 0 Å². The van der Waals surface area contributed by atoms with Crippen LogP contribution in [0.25, 0.3) is 0 Å². The molecule has 1 aliphatic carbocycles. The molecule has 0 N–H and O–H groups in total. The summed E-state index contributed by atoms with van der Waals surface area (Å²) in [5.74, 6) is 0. The van der Waals surface area contributed by atoms with Crippen LogP contribution in [0.15, 0.2) is 24.3 Å². The third-order valence-corrected chi connectivity index (χ3v) is 1.39. The van der Waals surface area contributed by atoms with Crippen molar-refractivity contribution in [1.82, 2.24) is 0 Å². The van der Waals surface area contributed by atoms with E-state index >= 15 is 0 Å². The third kappa shape index (κ3) is 1.10. The van der Waals surface area contributed by atoms with E-state index in [1.165, 1.54) is 6.08 Å². The van der Waals surface area contributed by atoms with Gasteiger partial charge in [-0.05, 0) is 6.08 Å². The van der Waals surface area contributed by atoms with Gasteiger partial charge in [0.2, 0.25) is 0 Å². The van der Waals surface area contributed by atoms with Gasteiger partial charge < -0.3 is 0 Å². The largest absolute Gasteiger partial charge is 0.241 e. The second kappa shape index (κ2) is 2.31. The van der Waals surface area contributed by atoms with Crippen LogP contribution in [0.3, 0.4) is 0 Å². The molecule has 0 aliphatic heterocycles. The highest BCUT2D eigenvalue weighted by Crippen LogP contribution is 2.13. The van der Waals surface area contributed by atoms with E-state index in [1.807, 2.05) is 0 Å². The van der Waals surface area contributed by atoms with Crippen molar-refractivity contribution < 1.29 is 4.39 Å². The van der Waals surface area contributed by atoms with Gasteiger partial charge in [0.1, 0.15) is 6.17 Å². The van der Waals surface area contributed by atoms with Gasteiger partial charge in [-0.25, -0.2) is 4.39 Å².